The van der Waals surface area contributed by atoms with Gasteiger partial charge in [-0.3, -0.25) is 4.79 Å². The van der Waals surface area contributed by atoms with Crippen molar-refractivity contribution in [2.75, 3.05) is 13.1 Å². The molecule has 2 N–H and O–H groups in total. The van der Waals surface area contributed by atoms with Crippen LogP contribution < -0.4 is 10.6 Å². The van der Waals surface area contributed by atoms with Crippen LogP contribution in [0.4, 0.5) is 0 Å². The van der Waals surface area contributed by atoms with E-state index in [1.807, 2.05) is 0 Å². The molecule has 0 atom stereocenters. The maximum atomic E-state index is 11.5. The highest BCUT2D eigenvalue weighted by Gasteiger charge is 2.26. The number of hydrogen-bond donors (Lipinski definition) is 2. The third-order valence-corrected chi connectivity index (χ3v) is 2.85. The van der Waals surface area contributed by atoms with Crippen molar-refractivity contribution < 1.29 is 4.79 Å². The van der Waals surface area contributed by atoms with Crippen LogP contribution in [0.15, 0.2) is 0 Å². The molecule has 0 unspecified atom stereocenters. The monoisotopic (exact) mass is 168 g/mol. The van der Waals surface area contributed by atoms with Crippen LogP contribution in [0.5, 0.6) is 0 Å². The molecular formula is C9H16N2O. The molecule has 1 aliphatic carbocycles. The average Bonchev–Trinajstić information content (AvgIpc) is 2.47. The Kier molecular flexibility index (Phi) is 2.30. The normalized spacial score (nSPS) is 25.3. The standard InChI is InChI=1S/C9H16N2O/c12-9(7-3-1-2-4-7)11-8-5-10-6-8/h7-8,10H,1-6H2,(H,11,12). The first-order valence-electron chi connectivity index (χ1n) is 4.87. The van der Waals surface area contributed by atoms with E-state index >= 15 is 0 Å². The van der Waals surface area contributed by atoms with Crippen LogP contribution in [0, 0.1) is 5.92 Å². The Morgan fingerprint density at radius 1 is 1.25 bits per heavy atom. The van der Waals surface area contributed by atoms with Gasteiger partial charge in [-0.2, -0.15) is 0 Å². The van der Waals surface area contributed by atoms with Crippen molar-refractivity contribution in [3.63, 3.8) is 0 Å². The SMILES string of the molecule is O=C(NC1CNC1)C1CCCC1. The molecule has 68 valence electrons. The van der Waals surface area contributed by atoms with E-state index in [9.17, 15) is 4.79 Å². The molecule has 3 nitrogen and oxygen atoms in total. The Bertz CT molecular complexity index is 171. The summed E-state index contributed by atoms with van der Waals surface area (Å²) in [5.74, 6) is 0.615. The summed E-state index contributed by atoms with van der Waals surface area (Å²) in [6.07, 6.45) is 4.68. The zero-order valence-electron chi connectivity index (χ0n) is 7.31. The van der Waals surface area contributed by atoms with Crippen LogP contribution in [0.3, 0.4) is 0 Å². The van der Waals surface area contributed by atoms with Gasteiger partial charge in [0.2, 0.25) is 5.91 Å². The second-order valence-electron chi connectivity index (χ2n) is 3.85. The Balaban J connectivity index is 1.74. The van der Waals surface area contributed by atoms with Gasteiger partial charge in [0.15, 0.2) is 0 Å². The number of carbonyl (C=O) groups is 1. The highest BCUT2D eigenvalue weighted by Crippen LogP contribution is 2.24. The summed E-state index contributed by atoms with van der Waals surface area (Å²) >= 11 is 0. The minimum Gasteiger partial charge on any atom is -0.351 e. The van der Waals surface area contributed by atoms with E-state index < -0.39 is 0 Å². The second-order valence-corrected chi connectivity index (χ2v) is 3.85. The fraction of sp³-hybridized carbons (Fsp3) is 0.889. The molecule has 1 heterocycles. The third kappa shape index (κ3) is 1.61. The van der Waals surface area contributed by atoms with Crippen molar-refractivity contribution in [2.45, 2.75) is 31.7 Å². The van der Waals surface area contributed by atoms with Crippen LogP contribution in [-0.2, 0) is 4.79 Å². The molecular weight excluding hydrogens is 152 g/mol. The Labute approximate surface area is 72.9 Å². The van der Waals surface area contributed by atoms with E-state index in [4.69, 9.17) is 0 Å². The van der Waals surface area contributed by atoms with Gasteiger partial charge < -0.3 is 10.6 Å². The number of hydrogen-bond acceptors (Lipinski definition) is 2. The van der Waals surface area contributed by atoms with Crippen LogP contribution >= 0.6 is 0 Å². The maximum Gasteiger partial charge on any atom is 0.223 e. The molecule has 0 aromatic carbocycles. The molecule has 12 heavy (non-hydrogen) atoms. The van der Waals surface area contributed by atoms with Gasteiger partial charge in [0.05, 0.1) is 6.04 Å². The van der Waals surface area contributed by atoms with Crippen LogP contribution in [0.1, 0.15) is 25.7 Å². The summed E-state index contributed by atoms with van der Waals surface area (Å²) in [5.41, 5.74) is 0. The summed E-state index contributed by atoms with van der Waals surface area (Å²) in [7, 11) is 0. The number of carbonyl (C=O) groups excluding carboxylic acids is 1. The van der Waals surface area contributed by atoms with Crippen molar-refractivity contribution in [1.82, 2.24) is 10.6 Å². The number of rotatable bonds is 2. The molecule has 2 fully saturated rings. The zero-order valence-corrected chi connectivity index (χ0v) is 7.31. The molecule has 1 saturated carbocycles. The fourth-order valence-corrected chi connectivity index (χ4v) is 1.90. The van der Waals surface area contributed by atoms with Gasteiger partial charge in [0.25, 0.3) is 0 Å². The quantitative estimate of drug-likeness (QED) is 0.621. The molecule has 1 saturated heterocycles. The minimum absolute atomic E-state index is 0.291. The van der Waals surface area contributed by atoms with Crippen molar-refractivity contribution in [2.24, 2.45) is 5.92 Å². The summed E-state index contributed by atoms with van der Waals surface area (Å²) in [5, 5.41) is 6.20. The van der Waals surface area contributed by atoms with E-state index in [0.717, 1.165) is 25.9 Å². The lowest BCUT2D eigenvalue weighted by Crippen LogP contribution is -2.57. The largest absolute Gasteiger partial charge is 0.351 e. The molecule has 0 aromatic heterocycles. The second kappa shape index (κ2) is 3.44. The smallest absolute Gasteiger partial charge is 0.223 e. The van der Waals surface area contributed by atoms with E-state index in [1.165, 1.54) is 12.8 Å². The first kappa shape index (κ1) is 8.05. The highest BCUT2D eigenvalue weighted by atomic mass is 16.2. The zero-order chi connectivity index (χ0) is 8.39. The Hall–Kier alpha value is -0.570. The average molecular weight is 168 g/mol. The molecule has 0 bridgehead atoms. The van der Waals surface area contributed by atoms with E-state index in [0.29, 0.717) is 17.9 Å². The lowest BCUT2D eigenvalue weighted by molar-refractivity contribution is -0.125. The van der Waals surface area contributed by atoms with Gasteiger partial charge in [-0.05, 0) is 12.8 Å². The lowest BCUT2D eigenvalue weighted by Gasteiger charge is -2.29. The van der Waals surface area contributed by atoms with E-state index in [-0.39, 0.29) is 0 Å². The van der Waals surface area contributed by atoms with Gasteiger partial charge in [-0.15, -0.1) is 0 Å². The van der Waals surface area contributed by atoms with Crippen LogP contribution in [0.2, 0.25) is 0 Å². The summed E-state index contributed by atoms with van der Waals surface area (Å²) < 4.78 is 0. The summed E-state index contributed by atoms with van der Waals surface area (Å²) in [4.78, 5) is 11.5. The fourth-order valence-electron chi connectivity index (χ4n) is 1.90. The van der Waals surface area contributed by atoms with Crippen molar-refractivity contribution in [1.29, 1.82) is 0 Å². The summed E-state index contributed by atoms with van der Waals surface area (Å²) in [6.45, 7) is 1.91. The number of nitrogens with one attached hydrogen (secondary N) is 2. The predicted octanol–water partition coefficient (Wildman–Crippen LogP) is 0.265. The van der Waals surface area contributed by atoms with Gasteiger partial charge >= 0.3 is 0 Å². The van der Waals surface area contributed by atoms with Crippen molar-refractivity contribution >= 4 is 5.91 Å². The lowest BCUT2D eigenvalue weighted by atomic mass is 10.1. The van der Waals surface area contributed by atoms with Crippen molar-refractivity contribution in [3.8, 4) is 0 Å². The van der Waals surface area contributed by atoms with Gasteiger partial charge in [-0.1, -0.05) is 12.8 Å². The van der Waals surface area contributed by atoms with E-state index in [1.54, 1.807) is 0 Å². The molecule has 1 aliphatic heterocycles. The molecule has 0 spiro atoms. The minimum atomic E-state index is 0.291. The van der Waals surface area contributed by atoms with E-state index in [2.05, 4.69) is 10.6 Å². The first-order valence-corrected chi connectivity index (χ1v) is 4.87. The van der Waals surface area contributed by atoms with Gasteiger partial charge in [0, 0.05) is 19.0 Å². The highest BCUT2D eigenvalue weighted by molar-refractivity contribution is 5.79. The first-order chi connectivity index (χ1) is 5.86. The topological polar surface area (TPSA) is 41.1 Å². The number of amides is 1. The van der Waals surface area contributed by atoms with Gasteiger partial charge in [0.1, 0.15) is 0 Å². The molecule has 3 heteroatoms. The molecule has 0 aromatic rings. The predicted molar refractivity (Wildman–Crippen MR) is 46.8 cm³/mol. The van der Waals surface area contributed by atoms with Crippen LogP contribution in [0.25, 0.3) is 0 Å². The molecule has 2 rings (SSSR count). The molecule has 0 radical (unpaired) electrons. The Morgan fingerprint density at radius 3 is 2.42 bits per heavy atom. The molecule has 1 amide bonds. The van der Waals surface area contributed by atoms with Gasteiger partial charge in [-0.25, -0.2) is 0 Å². The summed E-state index contributed by atoms with van der Waals surface area (Å²) in [6, 6.07) is 0.415. The molecule has 2 aliphatic rings. The van der Waals surface area contributed by atoms with Crippen LogP contribution in [-0.4, -0.2) is 25.0 Å². The third-order valence-electron chi connectivity index (χ3n) is 2.85. The Morgan fingerprint density at radius 2 is 1.92 bits per heavy atom. The van der Waals surface area contributed by atoms with Crippen molar-refractivity contribution in [3.05, 3.63) is 0 Å². The maximum absolute atomic E-state index is 11.5.